The third-order valence-corrected chi connectivity index (χ3v) is 7.64. The van der Waals surface area contributed by atoms with Crippen LogP contribution in [0.15, 0.2) is 59.6 Å². The smallest absolute Gasteiger partial charge is 0.281 e. The molecule has 0 bridgehead atoms. The number of rotatable bonds is 8. The number of ether oxygens (including phenoxy) is 1. The van der Waals surface area contributed by atoms with E-state index in [9.17, 15) is 13.2 Å². The van der Waals surface area contributed by atoms with Crippen LogP contribution in [0.4, 0.5) is 11.6 Å². The van der Waals surface area contributed by atoms with E-state index in [-0.39, 0.29) is 24.8 Å². The molecule has 206 valence electrons. The fourth-order valence-corrected chi connectivity index (χ4v) is 5.71. The maximum Gasteiger partial charge on any atom is 0.281 e. The van der Waals surface area contributed by atoms with Crippen molar-refractivity contribution in [3.63, 3.8) is 0 Å². The lowest BCUT2D eigenvalue weighted by molar-refractivity contribution is 0.0981. The molecule has 3 N–H and O–H groups in total. The molecule has 1 aromatic carbocycles. The van der Waals surface area contributed by atoms with Crippen LogP contribution in [-0.4, -0.2) is 43.0 Å². The van der Waals surface area contributed by atoms with Crippen molar-refractivity contribution in [3.05, 3.63) is 60.2 Å². The monoisotopic (exact) mass is 541 g/mol. The first-order valence-corrected chi connectivity index (χ1v) is 14.2. The molecule has 0 aliphatic carbocycles. The molecule has 0 radical (unpaired) electrons. The van der Waals surface area contributed by atoms with Gasteiger partial charge in [-0.15, -0.1) is 0 Å². The molecular formula is C28H39N5O4S. The predicted molar refractivity (Wildman–Crippen MR) is 153 cm³/mol. The van der Waals surface area contributed by atoms with E-state index < -0.39 is 15.9 Å². The van der Waals surface area contributed by atoms with E-state index in [2.05, 4.69) is 49.2 Å². The molecule has 1 atom stereocenters. The highest BCUT2D eigenvalue weighted by molar-refractivity contribution is 7.90. The number of aromatic nitrogens is 2. The highest BCUT2D eigenvalue weighted by atomic mass is 32.2. The van der Waals surface area contributed by atoms with Gasteiger partial charge in [0.05, 0.1) is 17.9 Å². The van der Waals surface area contributed by atoms with Gasteiger partial charge in [0.2, 0.25) is 0 Å². The molecule has 1 aliphatic heterocycles. The average molecular weight is 542 g/mol. The first kappa shape index (κ1) is 27.4. The van der Waals surface area contributed by atoms with Crippen LogP contribution in [0.25, 0.3) is 11.3 Å². The molecule has 9 nitrogen and oxygen atoms in total. The van der Waals surface area contributed by atoms with Crippen LogP contribution in [0.3, 0.4) is 0 Å². The lowest BCUT2D eigenvalue weighted by atomic mass is 9.97. The van der Waals surface area contributed by atoms with Gasteiger partial charge >= 0.3 is 0 Å². The zero-order valence-corrected chi connectivity index (χ0v) is 23.2. The Morgan fingerprint density at radius 1 is 1.18 bits per heavy atom. The van der Waals surface area contributed by atoms with Crippen LogP contribution in [0.5, 0.6) is 5.75 Å². The maximum absolute atomic E-state index is 13.4. The van der Waals surface area contributed by atoms with Gasteiger partial charge in [-0.3, -0.25) is 4.79 Å². The molecule has 1 amide bonds. The summed E-state index contributed by atoms with van der Waals surface area (Å²) in [6, 6.07) is 15.2. The predicted octanol–water partition coefficient (Wildman–Crippen LogP) is 5.00. The number of nitrogens with one attached hydrogen (secondary N) is 1. The lowest BCUT2D eigenvalue weighted by Gasteiger charge is -2.34. The van der Waals surface area contributed by atoms with Crippen LogP contribution >= 0.6 is 0 Å². The van der Waals surface area contributed by atoms with Gasteiger partial charge in [0, 0.05) is 20.5 Å². The fraction of sp³-hybridized carbons (Fsp3) is 0.393. The number of carbonyl (C=O) groups is 1. The molecule has 3 aromatic rings. The fourth-order valence-electron chi connectivity index (χ4n) is 4.77. The van der Waals surface area contributed by atoms with Crippen LogP contribution in [0.1, 0.15) is 54.3 Å². The number of nitrogens with two attached hydrogens (primary N) is 1. The van der Waals surface area contributed by atoms with Crippen molar-refractivity contribution in [2.75, 3.05) is 23.8 Å². The summed E-state index contributed by atoms with van der Waals surface area (Å²) in [4.78, 5) is 24.2. The molecule has 1 unspecified atom stereocenters. The summed E-state index contributed by atoms with van der Waals surface area (Å²) < 4.78 is 33.9. The number of hydrogen-bond donors (Lipinski definition) is 2. The topological polar surface area (TPSA) is 128 Å². The van der Waals surface area contributed by atoms with Crippen LogP contribution < -0.4 is 20.1 Å². The van der Waals surface area contributed by atoms with Crippen molar-refractivity contribution < 1.29 is 20.8 Å². The highest BCUT2D eigenvalue weighted by Gasteiger charge is 2.39. The molecule has 10 heteroatoms. The number of amides is 1. The van der Waals surface area contributed by atoms with E-state index in [1.165, 1.54) is 18.2 Å². The standard InChI is InChI=1S/C28H35N5O4S.2H2/c1-18(2)17-37-21-9-6-8-20(14-21)23-13-12-22(26(30-23)33-16-19(3)15-28(33,4)5)27(34)32-38(35,36)25-11-7-10-24(29)31-25;;/h6-14,18-19H,15-17H2,1-5H3,(H2,29,31)(H,32,34);2*1H. The van der Waals surface area contributed by atoms with Crippen molar-refractivity contribution in [3.8, 4) is 17.0 Å². The summed E-state index contributed by atoms with van der Waals surface area (Å²) >= 11 is 0. The number of nitrogens with zero attached hydrogens (tertiary/aromatic N) is 3. The molecule has 0 spiro atoms. The SMILES string of the molecule is CC(C)COc1cccc(-c2ccc(C(=O)NS(=O)(=O)c3cccc(N)n3)c(N3CC(C)CC3(C)C)n2)c1.[HH].[HH]. The van der Waals surface area contributed by atoms with E-state index in [1.54, 1.807) is 12.1 Å². The van der Waals surface area contributed by atoms with E-state index in [0.717, 1.165) is 17.7 Å². The van der Waals surface area contributed by atoms with Gasteiger partial charge in [0.15, 0.2) is 5.03 Å². The molecule has 0 saturated carbocycles. The van der Waals surface area contributed by atoms with Crippen molar-refractivity contribution in [2.45, 2.75) is 51.6 Å². The second kappa shape index (κ2) is 10.6. The molecule has 1 fully saturated rings. The highest BCUT2D eigenvalue weighted by Crippen LogP contribution is 2.38. The number of anilines is 2. The largest absolute Gasteiger partial charge is 0.493 e. The summed E-state index contributed by atoms with van der Waals surface area (Å²) in [5.74, 6) is 1.18. The quantitative estimate of drug-likeness (QED) is 0.408. The Labute approximate surface area is 227 Å². The van der Waals surface area contributed by atoms with Crippen LogP contribution in [0, 0.1) is 11.8 Å². The summed E-state index contributed by atoms with van der Waals surface area (Å²) in [7, 11) is -4.24. The van der Waals surface area contributed by atoms with Crippen molar-refractivity contribution in [1.82, 2.24) is 14.7 Å². The Kier molecular flexibility index (Phi) is 7.64. The molecule has 3 heterocycles. The van der Waals surface area contributed by atoms with Crippen LogP contribution in [-0.2, 0) is 10.0 Å². The van der Waals surface area contributed by atoms with E-state index in [0.29, 0.717) is 36.5 Å². The lowest BCUT2D eigenvalue weighted by Crippen LogP contribution is -2.41. The van der Waals surface area contributed by atoms with Gasteiger partial charge in [-0.05, 0) is 68.5 Å². The Hall–Kier alpha value is -3.66. The third-order valence-electron chi connectivity index (χ3n) is 6.41. The summed E-state index contributed by atoms with van der Waals surface area (Å²) in [6.07, 6.45) is 0.907. The minimum absolute atomic E-state index is 0. The minimum Gasteiger partial charge on any atom is -0.493 e. The number of carbonyl (C=O) groups excluding carboxylic acids is 1. The number of benzene rings is 1. The summed E-state index contributed by atoms with van der Waals surface area (Å²) in [6.45, 7) is 11.8. The second-order valence-corrected chi connectivity index (χ2v) is 12.5. The number of nitrogen functional groups attached to an aromatic ring is 1. The molecule has 1 saturated heterocycles. The Morgan fingerprint density at radius 3 is 2.58 bits per heavy atom. The van der Waals surface area contributed by atoms with Crippen molar-refractivity contribution in [1.29, 1.82) is 0 Å². The van der Waals surface area contributed by atoms with Gasteiger partial charge in [-0.1, -0.05) is 39.0 Å². The van der Waals surface area contributed by atoms with Gasteiger partial charge in [0.25, 0.3) is 15.9 Å². The molecular weight excluding hydrogens is 502 g/mol. The number of hydrogen-bond acceptors (Lipinski definition) is 8. The first-order chi connectivity index (χ1) is 17.9. The normalized spacial score (nSPS) is 17.0. The maximum atomic E-state index is 13.4. The number of sulfonamides is 1. The van der Waals surface area contributed by atoms with Gasteiger partial charge in [-0.25, -0.2) is 14.7 Å². The second-order valence-electron chi connectivity index (χ2n) is 10.9. The Balaban J connectivity index is 0.00000280. The van der Waals surface area contributed by atoms with Gasteiger partial charge < -0.3 is 15.4 Å². The minimum atomic E-state index is -4.24. The third kappa shape index (κ3) is 6.07. The first-order valence-electron chi connectivity index (χ1n) is 12.7. The van der Waals surface area contributed by atoms with E-state index in [1.807, 2.05) is 24.3 Å². The van der Waals surface area contributed by atoms with Crippen molar-refractivity contribution >= 4 is 27.6 Å². The number of pyridine rings is 2. The molecule has 38 heavy (non-hydrogen) atoms. The van der Waals surface area contributed by atoms with E-state index >= 15 is 0 Å². The molecule has 4 rings (SSSR count). The van der Waals surface area contributed by atoms with Gasteiger partial charge in [-0.2, -0.15) is 8.42 Å². The average Bonchev–Trinajstić information content (AvgIpc) is 3.13. The van der Waals surface area contributed by atoms with Gasteiger partial charge in [0.1, 0.15) is 17.4 Å². The Bertz CT molecular complexity index is 1450. The van der Waals surface area contributed by atoms with Crippen LogP contribution in [0.2, 0.25) is 0 Å². The summed E-state index contributed by atoms with van der Waals surface area (Å²) in [5.41, 5.74) is 7.02. The molecule has 1 aliphatic rings. The summed E-state index contributed by atoms with van der Waals surface area (Å²) in [5, 5.41) is -0.328. The molecule has 2 aromatic heterocycles. The zero-order chi connectivity index (χ0) is 27.7. The van der Waals surface area contributed by atoms with E-state index in [4.69, 9.17) is 15.5 Å². The van der Waals surface area contributed by atoms with Crippen molar-refractivity contribution in [2.24, 2.45) is 11.8 Å². The zero-order valence-electron chi connectivity index (χ0n) is 22.4. The Morgan fingerprint density at radius 2 is 1.92 bits per heavy atom.